The van der Waals surface area contributed by atoms with E-state index in [2.05, 4.69) is 23.2 Å². The number of rotatable bonds is 3. The molecule has 0 amide bonds. The van der Waals surface area contributed by atoms with Gasteiger partial charge in [-0.3, -0.25) is 4.98 Å². The Morgan fingerprint density at radius 2 is 2.26 bits per heavy atom. The van der Waals surface area contributed by atoms with Gasteiger partial charge < -0.3 is 10.5 Å². The van der Waals surface area contributed by atoms with Crippen LogP contribution in [0.25, 0.3) is 0 Å². The maximum atomic E-state index is 6.64. The normalized spacial score (nSPS) is 21.2. The lowest BCUT2D eigenvalue weighted by Gasteiger charge is -2.25. The number of nitrogens with zero attached hydrogens (tertiary/aromatic N) is 1. The third-order valence-corrected chi connectivity index (χ3v) is 3.94. The average Bonchev–Trinajstić information content (AvgIpc) is 2.77. The molecule has 1 unspecified atom stereocenters. The molecule has 0 saturated carbocycles. The van der Waals surface area contributed by atoms with Crippen LogP contribution in [0.3, 0.4) is 0 Å². The summed E-state index contributed by atoms with van der Waals surface area (Å²) in [7, 11) is 1.69. The van der Waals surface area contributed by atoms with Crippen molar-refractivity contribution in [1.82, 2.24) is 4.98 Å². The number of methoxy groups -OCH3 is 1. The smallest absolute Gasteiger partial charge is 0.119 e. The van der Waals surface area contributed by atoms with Crippen LogP contribution in [-0.2, 0) is 18.4 Å². The molecule has 1 aliphatic rings. The Morgan fingerprint density at radius 3 is 3.00 bits per heavy atom. The van der Waals surface area contributed by atoms with E-state index in [0.717, 1.165) is 25.0 Å². The molecule has 3 nitrogen and oxygen atoms in total. The van der Waals surface area contributed by atoms with Gasteiger partial charge in [0.1, 0.15) is 5.75 Å². The molecule has 0 bridgehead atoms. The first kappa shape index (κ1) is 12.2. The molecule has 0 saturated heterocycles. The molecule has 0 radical (unpaired) electrons. The second kappa shape index (κ2) is 4.67. The highest BCUT2D eigenvalue weighted by Crippen LogP contribution is 2.39. The lowest BCUT2D eigenvalue weighted by Crippen LogP contribution is -2.36. The molecule has 1 aliphatic carbocycles. The van der Waals surface area contributed by atoms with E-state index in [0.29, 0.717) is 0 Å². The zero-order valence-corrected chi connectivity index (χ0v) is 11.1. The van der Waals surface area contributed by atoms with Crippen molar-refractivity contribution in [3.63, 3.8) is 0 Å². The fourth-order valence-electron chi connectivity index (χ4n) is 2.91. The Bertz CT molecular complexity index is 583. The van der Waals surface area contributed by atoms with Crippen LogP contribution in [-0.4, -0.2) is 12.1 Å². The Kier molecular flexibility index (Phi) is 2.99. The summed E-state index contributed by atoms with van der Waals surface area (Å²) < 4.78 is 5.32. The van der Waals surface area contributed by atoms with E-state index in [9.17, 15) is 0 Å². The number of aryl methyl sites for hydroxylation is 1. The van der Waals surface area contributed by atoms with Gasteiger partial charge in [0, 0.05) is 17.9 Å². The van der Waals surface area contributed by atoms with Crippen LogP contribution >= 0.6 is 0 Å². The fourth-order valence-corrected chi connectivity index (χ4v) is 2.91. The van der Waals surface area contributed by atoms with Crippen LogP contribution in [0.2, 0.25) is 0 Å². The topological polar surface area (TPSA) is 48.1 Å². The SMILES string of the molecule is COc1ccc2c(c1)C(N)(Cc1cccnc1)CC2. The molecule has 1 atom stereocenters. The number of fused-ring (bicyclic) bond motifs is 1. The molecule has 2 aromatic rings. The van der Waals surface area contributed by atoms with Gasteiger partial charge in [0.2, 0.25) is 0 Å². The monoisotopic (exact) mass is 254 g/mol. The van der Waals surface area contributed by atoms with Crippen molar-refractivity contribution in [2.45, 2.75) is 24.8 Å². The maximum absolute atomic E-state index is 6.64. The quantitative estimate of drug-likeness (QED) is 0.915. The van der Waals surface area contributed by atoms with Gasteiger partial charge in [-0.25, -0.2) is 0 Å². The van der Waals surface area contributed by atoms with Crippen LogP contribution in [0.5, 0.6) is 5.75 Å². The molecule has 3 heteroatoms. The fraction of sp³-hybridized carbons (Fsp3) is 0.312. The van der Waals surface area contributed by atoms with Crippen LogP contribution in [0, 0.1) is 0 Å². The standard InChI is InChI=1S/C16H18N2O/c1-19-14-5-4-13-6-7-16(17,15(13)9-14)10-12-3-2-8-18-11-12/h2-5,8-9,11H,6-7,10,17H2,1H3. The molecule has 3 rings (SSSR count). The number of benzene rings is 1. The maximum Gasteiger partial charge on any atom is 0.119 e. The van der Waals surface area contributed by atoms with Gasteiger partial charge in [0.25, 0.3) is 0 Å². The molecule has 1 aromatic heterocycles. The van der Waals surface area contributed by atoms with Crippen molar-refractivity contribution in [2.24, 2.45) is 5.73 Å². The van der Waals surface area contributed by atoms with Crippen LogP contribution in [0.4, 0.5) is 0 Å². The number of nitrogens with two attached hydrogens (primary N) is 1. The zero-order valence-electron chi connectivity index (χ0n) is 11.1. The highest BCUT2D eigenvalue weighted by Gasteiger charge is 2.35. The van der Waals surface area contributed by atoms with E-state index in [1.54, 1.807) is 13.3 Å². The average molecular weight is 254 g/mol. The van der Waals surface area contributed by atoms with Crippen LogP contribution < -0.4 is 10.5 Å². The first-order chi connectivity index (χ1) is 9.21. The summed E-state index contributed by atoms with van der Waals surface area (Å²) in [6, 6.07) is 10.3. The predicted octanol–water partition coefficient (Wildman–Crippen LogP) is 2.43. The zero-order chi connectivity index (χ0) is 13.3. The molecule has 1 heterocycles. The molecule has 98 valence electrons. The summed E-state index contributed by atoms with van der Waals surface area (Å²) in [6.07, 6.45) is 6.52. The molecule has 2 N–H and O–H groups in total. The van der Waals surface area contributed by atoms with Crippen molar-refractivity contribution >= 4 is 0 Å². The first-order valence-electron chi connectivity index (χ1n) is 6.56. The second-order valence-electron chi connectivity index (χ2n) is 5.22. The highest BCUT2D eigenvalue weighted by molar-refractivity contribution is 5.44. The van der Waals surface area contributed by atoms with E-state index in [4.69, 9.17) is 10.5 Å². The third kappa shape index (κ3) is 2.22. The molecular weight excluding hydrogens is 236 g/mol. The number of hydrogen-bond donors (Lipinski definition) is 1. The molecule has 1 aromatic carbocycles. The van der Waals surface area contributed by atoms with Gasteiger partial charge in [-0.1, -0.05) is 12.1 Å². The van der Waals surface area contributed by atoms with Gasteiger partial charge in [-0.05, 0) is 54.2 Å². The summed E-state index contributed by atoms with van der Waals surface area (Å²) in [5.41, 5.74) is 10.1. The summed E-state index contributed by atoms with van der Waals surface area (Å²) in [6.45, 7) is 0. The van der Waals surface area contributed by atoms with Crippen molar-refractivity contribution < 1.29 is 4.74 Å². The lowest BCUT2D eigenvalue weighted by molar-refractivity contribution is 0.407. The number of ether oxygens (including phenoxy) is 1. The molecule has 0 fully saturated rings. The molecule has 0 spiro atoms. The minimum absolute atomic E-state index is 0.299. The predicted molar refractivity (Wildman–Crippen MR) is 75.1 cm³/mol. The number of pyridine rings is 1. The summed E-state index contributed by atoms with van der Waals surface area (Å²) in [4.78, 5) is 4.17. The van der Waals surface area contributed by atoms with Crippen molar-refractivity contribution in [3.8, 4) is 5.75 Å². The first-order valence-corrected chi connectivity index (χ1v) is 6.56. The van der Waals surface area contributed by atoms with E-state index < -0.39 is 0 Å². The van der Waals surface area contributed by atoms with Crippen LogP contribution in [0.15, 0.2) is 42.7 Å². The summed E-state index contributed by atoms with van der Waals surface area (Å²) >= 11 is 0. The van der Waals surface area contributed by atoms with Crippen molar-refractivity contribution in [3.05, 3.63) is 59.4 Å². The summed E-state index contributed by atoms with van der Waals surface area (Å²) in [5.74, 6) is 0.877. The van der Waals surface area contributed by atoms with E-state index in [1.165, 1.54) is 16.7 Å². The highest BCUT2D eigenvalue weighted by atomic mass is 16.5. The molecule has 0 aliphatic heterocycles. The van der Waals surface area contributed by atoms with Gasteiger partial charge in [0.15, 0.2) is 0 Å². The van der Waals surface area contributed by atoms with E-state index >= 15 is 0 Å². The second-order valence-corrected chi connectivity index (χ2v) is 5.22. The number of hydrogen-bond acceptors (Lipinski definition) is 3. The molecule has 19 heavy (non-hydrogen) atoms. The third-order valence-electron chi connectivity index (χ3n) is 3.94. The minimum atomic E-state index is -0.299. The molecular formula is C16H18N2O. The minimum Gasteiger partial charge on any atom is -0.497 e. The van der Waals surface area contributed by atoms with Gasteiger partial charge in [-0.15, -0.1) is 0 Å². The van der Waals surface area contributed by atoms with E-state index in [-0.39, 0.29) is 5.54 Å². The van der Waals surface area contributed by atoms with Crippen molar-refractivity contribution in [2.75, 3.05) is 7.11 Å². The Labute approximate surface area is 113 Å². The van der Waals surface area contributed by atoms with Gasteiger partial charge >= 0.3 is 0 Å². The Morgan fingerprint density at radius 1 is 1.37 bits per heavy atom. The lowest BCUT2D eigenvalue weighted by atomic mass is 9.86. The summed E-state index contributed by atoms with van der Waals surface area (Å²) in [5, 5.41) is 0. The Balaban J connectivity index is 1.95. The largest absolute Gasteiger partial charge is 0.497 e. The van der Waals surface area contributed by atoms with Gasteiger partial charge in [0.05, 0.1) is 7.11 Å². The van der Waals surface area contributed by atoms with E-state index in [1.807, 2.05) is 18.3 Å². The van der Waals surface area contributed by atoms with Crippen LogP contribution in [0.1, 0.15) is 23.1 Å². The van der Waals surface area contributed by atoms with Crippen molar-refractivity contribution in [1.29, 1.82) is 0 Å². The van der Waals surface area contributed by atoms with Gasteiger partial charge in [-0.2, -0.15) is 0 Å². The Hall–Kier alpha value is -1.87. The number of aromatic nitrogens is 1.